The minimum Gasteiger partial charge on any atom is -0.460 e. The van der Waals surface area contributed by atoms with Crippen molar-refractivity contribution in [3.8, 4) is 0 Å². The maximum Gasteiger partial charge on any atom is 0.259 e. The van der Waals surface area contributed by atoms with Crippen LogP contribution >= 0.6 is 0 Å². The zero-order chi connectivity index (χ0) is 14.7. The van der Waals surface area contributed by atoms with Crippen molar-refractivity contribution < 1.29 is 14.0 Å². The van der Waals surface area contributed by atoms with E-state index in [-0.39, 0.29) is 0 Å². The van der Waals surface area contributed by atoms with Crippen LogP contribution in [0, 0.1) is 20.8 Å². The quantitative estimate of drug-likeness (QED) is 0.503. The van der Waals surface area contributed by atoms with Gasteiger partial charge in [0.05, 0.1) is 5.39 Å². The molecule has 0 atom stereocenters. The largest absolute Gasteiger partial charge is 0.460 e. The molecule has 1 aliphatic carbocycles. The topological polar surface area (TPSA) is 58.9 Å². The lowest BCUT2D eigenvalue weighted by molar-refractivity contribution is 0.275. The summed E-state index contributed by atoms with van der Waals surface area (Å²) >= 11 is 0. The summed E-state index contributed by atoms with van der Waals surface area (Å²) in [5.74, 6) is 0.947. The highest BCUT2D eigenvalue weighted by molar-refractivity contribution is 6.07. The van der Waals surface area contributed by atoms with Crippen LogP contribution in [0.4, 0.5) is 0 Å². The van der Waals surface area contributed by atoms with Gasteiger partial charge >= 0.3 is 0 Å². The third kappa shape index (κ3) is 1.53. The Morgan fingerprint density at radius 3 is 2.57 bits per heavy atom. The minimum atomic E-state index is 0.341. The van der Waals surface area contributed by atoms with Crippen LogP contribution in [0.1, 0.15) is 34.4 Å². The summed E-state index contributed by atoms with van der Waals surface area (Å²) in [6, 6.07) is 2.02. The molecule has 1 N–H and O–H groups in total. The highest BCUT2D eigenvalue weighted by Gasteiger charge is 2.23. The molecule has 4 rings (SSSR count). The molecular weight excluding hydrogens is 266 g/mol. The maximum absolute atomic E-state index is 9.20. The average Bonchev–Trinajstić information content (AvgIpc) is 3.04. The molecule has 4 nitrogen and oxygen atoms in total. The molecule has 0 radical (unpaired) electrons. The third-order valence-corrected chi connectivity index (χ3v) is 4.68. The number of benzene rings is 1. The van der Waals surface area contributed by atoms with Gasteiger partial charge in [0, 0.05) is 10.9 Å². The standard InChI is InChI=1S/C17H17NO3/c1-8-7-13-15(16-14(8)9(2)10(3)20-16)11-5-4-6-12(11)17(18-19)21-13/h7,19H,4-6H2,1-3H3/b18-17+. The number of hydrogen-bond acceptors (Lipinski definition) is 4. The van der Waals surface area contributed by atoms with E-state index in [1.54, 1.807) is 0 Å². The number of rotatable bonds is 0. The molecular formula is C17H17NO3. The first-order valence-electron chi connectivity index (χ1n) is 7.27. The molecule has 0 saturated heterocycles. The predicted octanol–water partition coefficient (Wildman–Crippen LogP) is 3.88. The normalized spacial score (nSPS) is 15.3. The zero-order valence-electron chi connectivity index (χ0n) is 12.4. The van der Waals surface area contributed by atoms with Crippen LogP contribution in [0.15, 0.2) is 20.1 Å². The van der Waals surface area contributed by atoms with Gasteiger partial charge in [0.15, 0.2) is 0 Å². The van der Waals surface area contributed by atoms with Gasteiger partial charge in [-0.05, 0) is 67.9 Å². The molecule has 2 aromatic heterocycles. The van der Waals surface area contributed by atoms with Gasteiger partial charge in [-0.3, -0.25) is 0 Å². The Morgan fingerprint density at radius 2 is 1.81 bits per heavy atom. The fraction of sp³-hybridized carbons (Fsp3) is 0.353. The highest BCUT2D eigenvalue weighted by Crippen LogP contribution is 2.38. The van der Waals surface area contributed by atoms with Crippen LogP contribution < -0.4 is 5.55 Å². The van der Waals surface area contributed by atoms with Crippen molar-refractivity contribution in [2.45, 2.75) is 40.0 Å². The first kappa shape index (κ1) is 12.5. The monoisotopic (exact) mass is 283 g/mol. The molecule has 2 heterocycles. The van der Waals surface area contributed by atoms with Crippen molar-refractivity contribution in [1.82, 2.24) is 0 Å². The average molecular weight is 283 g/mol. The Labute approximate surface area is 121 Å². The van der Waals surface area contributed by atoms with Gasteiger partial charge in [0.1, 0.15) is 16.9 Å². The third-order valence-electron chi connectivity index (χ3n) is 4.68. The van der Waals surface area contributed by atoms with E-state index >= 15 is 0 Å². The molecule has 21 heavy (non-hydrogen) atoms. The lowest BCUT2D eigenvalue weighted by Gasteiger charge is -2.07. The fourth-order valence-electron chi connectivity index (χ4n) is 3.60. The summed E-state index contributed by atoms with van der Waals surface area (Å²) < 4.78 is 11.9. The second-order valence-electron chi connectivity index (χ2n) is 5.87. The smallest absolute Gasteiger partial charge is 0.259 e. The second-order valence-corrected chi connectivity index (χ2v) is 5.87. The van der Waals surface area contributed by atoms with Crippen molar-refractivity contribution in [2.75, 3.05) is 0 Å². The molecule has 0 fully saturated rings. The number of hydrogen-bond donors (Lipinski definition) is 1. The number of nitrogens with zero attached hydrogens (tertiary/aromatic N) is 1. The highest BCUT2D eigenvalue weighted by atomic mass is 16.5. The first-order valence-corrected chi connectivity index (χ1v) is 7.27. The van der Waals surface area contributed by atoms with Crippen LogP contribution in [-0.4, -0.2) is 5.21 Å². The van der Waals surface area contributed by atoms with E-state index in [1.165, 1.54) is 16.5 Å². The lowest BCUT2D eigenvalue weighted by Crippen LogP contribution is -2.09. The van der Waals surface area contributed by atoms with E-state index in [2.05, 4.69) is 19.0 Å². The van der Waals surface area contributed by atoms with Crippen LogP contribution in [-0.2, 0) is 12.8 Å². The Kier molecular flexibility index (Phi) is 2.46. The Hall–Kier alpha value is -2.23. The number of aryl methyl sites for hydroxylation is 4. The molecule has 0 saturated carbocycles. The molecule has 108 valence electrons. The molecule has 4 heteroatoms. The summed E-state index contributed by atoms with van der Waals surface area (Å²) in [6.45, 7) is 6.15. The molecule has 1 aliphatic rings. The van der Waals surface area contributed by atoms with E-state index < -0.39 is 0 Å². The van der Waals surface area contributed by atoms with Crippen molar-refractivity contribution in [2.24, 2.45) is 5.16 Å². The van der Waals surface area contributed by atoms with E-state index in [4.69, 9.17) is 8.83 Å². The van der Waals surface area contributed by atoms with Gasteiger partial charge < -0.3 is 14.0 Å². The SMILES string of the molecule is Cc1oc2c(c(C)cc3o/c(=N/O)c4c(c32)CCC4)c1C. The van der Waals surface area contributed by atoms with Crippen molar-refractivity contribution >= 4 is 21.9 Å². The van der Waals surface area contributed by atoms with Crippen LogP contribution in [0.3, 0.4) is 0 Å². The minimum absolute atomic E-state index is 0.341. The second kappa shape index (κ2) is 4.13. The lowest BCUT2D eigenvalue weighted by atomic mass is 10.00. The number of fused-ring (bicyclic) bond motifs is 5. The molecule has 1 aromatic carbocycles. The maximum atomic E-state index is 9.20. The number of furan rings is 1. The Bertz CT molecular complexity index is 960. The van der Waals surface area contributed by atoms with Crippen molar-refractivity contribution in [1.29, 1.82) is 0 Å². The summed E-state index contributed by atoms with van der Waals surface area (Å²) in [7, 11) is 0. The van der Waals surface area contributed by atoms with Gasteiger partial charge in [0.2, 0.25) is 0 Å². The van der Waals surface area contributed by atoms with Gasteiger partial charge in [-0.15, -0.1) is 0 Å². The molecule has 0 unspecified atom stereocenters. The van der Waals surface area contributed by atoms with Crippen LogP contribution in [0.2, 0.25) is 0 Å². The summed E-state index contributed by atoms with van der Waals surface area (Å²) in [5.41, 5.74) is 6.52. The molecule has 0 amide bonds. The molecule has 3 aromatic rings. The van der Waals surface area contributed by atoms with E-state index in [0.29, 0.717) is 5.55 Å². The van der Waals surface area contributed by atoms with Gasteiger partial charge in [0.25, 0.3) is 5.55 Å². The molecule has 0 spiro atoms. The summed E-state index contributed by atoms with van der Waals surface area (Å²) in [6.07, 6.45) is 2.92. The van der Waals surface area contributed by atoms with Crippen LogP contribution in [0.5, 0.6) is 0 Å². The molecule has 0 aliphatic heterocycles. The predicted molar refractivity (Wildman–Crippen MR) is 79.6 cm³/mol. The van der Waals surface area contributed by atoms with Crippen molar-refractivity contribution in [3.05, 3.63) is 39.6 Å². The van der Waals surface area contributed by atoms with Crippen LogP contribution in [0.25, 0.3) is 21.9 Å². The van der Waals surface area contributed by atoms with Crippen molar-refractivity contribution in [3.63, 3.8) is 0 Å². The summed E-state index contributed by atoms with van der Waals surface area (Å²) in [4.78, 5) is 0. The first-order chi connectivity index (χ1) is 10.1. The zero-order valence-corrected chi connectivity index (χ0v) is 12.4. The Balaban J connectivity index is 2.32. The molecule has 0 bridgehead atoms. The van der Waals surface area contributed by atoms with Gasteiger partial charge in [-0.1, -0.05) is 0 Å². The van der Waals surface area contributed by atoms with Gasteiger partial charge in [-0.25, -0.2) is 0 Å². The fourth-order valence-corrected chi connectivity index (χ4v) is 3.60. The van der Waals surface area contributed by atoms with E-state index in [0.717, 1.165) is 52.7 Å². The Morgan fingerprint density at radius 1 is 1.05 bits per heavy atom. The van der Waals surface area contributed by atoms with Gasteiger partial charge in [-0.2, -0.15) is 0 Å². The van der Waals surface area contributed by atoms with E-state index in [9.17, 15) is 5.21 Å². The van der Waals surface area contributed by atoms with E-state index in [1.807, 2.05) is 13.0 Å². The summed E-state index contributed by atoms with van der Waals surface area (Å²) in [5, 5.41) is 14.8.